The highest BCUT2D eigenvalue weighted by atomic mass is 35.5. The zero-order valence-corrected chi connectivity index (χ0v) is 14.9. The summed E-state index contributed by atoms with van der Waals surface area (Å²) in [5, 5.41) is 8.86. The van der Waals surface area contributed by atoms with Gasteiger partial charge in [0.2, 0.25) is 0 Å². The van der Waals surface area contributed by atoms with Crippen LogP contribution in [-0.2, 0) is 0 Å². The molecule has 2 aromatic carbocycles. The second-order valence-corrected chi connectivity index (χ2v) is 7.20. The van der Waals surface area contributed by atoms with E-state index in [-0.39, 0.29) is 11.9 Å². The smallest absolute Gasteiger partial charge is 0.266 e. The standard InChI is InChI=1S/C20H15ClN2OS/c21-16-10-8-15(9-11-16)18-13-17(14-5-2-1-3-6-14)22-23(18)20(24)19-7-4-12-25-19/h1-12,18H,13H2/t18-/m1/s1. The number of carbonyl (C=O) groups is 1. The first kappa shape index (κ1) is 16.1. The molecule has 0 aliphatic carbocycles. The third-order valence-corrected chi connectivity index (χ3v) is 5.32. The Bertz CT molecular complexity index is 905. The van der Waals surface area contributed by atoms with Crippen molar-refractivity contribution >= 4 is 34.6 Å². The SMILES string of the molecule is O=C(c1cccs1)N1N=C(c2ccccc2)C[C@@H]1c1ccc(Cl)cc1. The Kier molecular flexibility index (Phi) is 4.38. The highest BCUT2D eigenvalue weighted by Crippen LogP contribution is 2.34. The average molecular weight is 367 g/mol. The molecule has 3 nitrogen and oxygen atoms in total. The van der Waals surface area contributed by atoms with Gasteiger partial charge in [-0.15, -0.1) is 11.3 Å². The molecule has 0 bridgehead atoms. The van der Waals surface area contributed by atoms with Crippen LogP contribution in [0.3, 0.4) is 0 Å². The van der Waals surface area contributed by atoms with Crippen molar-refractivity contribution in [2.24, 2.45) is 5.10 Å². The van der Waals surface area contributed by atoms with Gasteiger partial charge in [-0.3, -0.25) is 4.79 Å². The van der Waals surface area contributed by atoms with E-state index in [1.165, 1.54) is 11.3 Å². The Morgan fingerprint density at radius 3 is 2.48 bits per heavy atom. The molecule has 1 atom stereocenters. The van der Waals surface area contributed by atoms with Crippen molar-refractivity contribution in [3.63, 3.8) is 0 Å². The summed E-state index contributed by atoms with van der Waals surface area (Å²) in [4.78, 5) is 13.6. The van der Waals surface area contributed by atoms with E-state index in [1.54, 1.807) is 5.01 Å². The largest absolute Gasteiger partial charge is 0.284 e. The lowest BCUT2D eigenvalue weighted by molar-refractivity contribution is 0.0716. The fourth-order valence-electron chi connectivity index (χ4n) is 2.96. The van der Waals surface area contributed by atoms with Gasteiger partial charge in [0.1, 0.15) is 0 Å². The number of hydrazone groups is 1. The van der Waals surface area contributed by atoms with E-state index < -0.39 is 0 Å². The van der Waals surface area contributed by atoms with Gasteiger partial charge in [0.05, 0.1) is 16.6 Å². The van der Waals surface area contributed by atoms with Crippen molar-refractivity contribution < 1.29 is 4.79 Å². The predicted molar refractivity (Wildman–Crippen MR) is 102 cm³/mol. The maximum Gasteiger partial charge on any atom is 0.284 e. The van der Waals surface area contributed by atoms with Crippen LogP contribution < -0.4 is 0 Å². The third kappa shape index (κ3) is 3.23. The Hall–Kier alpha value is -2.43. The van der Waals surface area contributed by atoms with Gasteiger partial charge in [0.25, 0.3) is 5.91 Å². The first-order valence-electron chi connectivity index (χ1n) is 7.98. The number of carbonyl (C=O) groups excluding carboxylic acids is 1. The van der Waals surface area contributed by atoms with Crippen LogP contribution in [0.4, 0.5) is 0 Å². The van der Waals surface area contributed by atoms with Gasteiger partial charge in [-0.25, -0.2) is 5.01 Å². The molecule has 0 unspecified atom stereocenters. The zero-order chi connectivity index (χ0) is 17.2. The Balaban J connectivity index is 1.72. The van der Waals surface area contributed by atoms with Crippen LogP contribution in [0, 0.1) is 0 Å². The van der Waals surface area contributed by atoms with E-state index in [0.717, 1.165) is 16.8 Å². The number of hydrogen-bond acceptors (Lipinski definition) is 3. The molecule has 1 aliphatic heterocycles. The molecule has 124 valence electrons. The quantitative estimate of drug-likeness (QED) is 0.611. The average Bonchev–Trinajstić information content (AvgIpc) is 3.33. The molecule has 4 rings (SSSR count). The highest BCUT2D eigenvalue weighted by molar-refractivity contribution is 7.12. The maximum atomic E-state index is 12.9. The van der Waals surface area contributed by atoms with E-state index in [2.05, 4.69) is 5.10 Å². The number of amides is 1. The van der Waals surface area contributed by atoms with Crippen molar-refractivity contribution in [2.75, 3.05) is 0 Å². The summed E-state index contributed by atoms with van der Waals surface area (Å²) < 4.78 is 0. The van der Waals surface area contributed by atoms with Gasteiger partial charge < -0.3 is 0 Å². The fraction of sp³-hybridized carbons (Fsp3) is 0.100. The van der Waals surface area contributed by atoms with E-state index in [4.69, 9.17) is 11.6 Å². The summed E-state index contributed by atoms with van der Waals surface area (Å²) in [6.45, 7) is 0. The Morgan fingerprint density at radius 1 is 1.04 bits per heavy atom. The molecular weight excluding hydrogens is 352 g/mol. The molecule has 3 aromatic rings. The minimum Gasteiger partial charge on any atom is -0.266 e. The van der Waals surface area contributed by atoms with Crippen LogP contribution in [0.2, 0.25) is 5.02 Å². The number of thiophene rings is 1. The second kappa shape index (κ2) is 6.82. The lowest BCUT2D eigenvalue weighted by atomic mass is 9.98. The summed E-state index contributed by atoms with van der Waals surface area (Å²) in [6.07, 6.45) is 0.683. The highest BCUT2D eigenvalue weighted by Gasteiger charge is 2.33. The minimum atomic E-state index is -0.123. The summed E-state index contributed by atoms with van der Waals surface area (Å²) in [5.41, 5.74) is 3.00. The van der Waals surface area contributed by atoms with Gasteiger partial charge in [-0.05, 0) is 34.7 Å². The molecule has 25 heavy (non-hydrogen) atoms. The molecule has 2 heterocycles. The molecule has 0 saturated carbocycles. The van der Waals surface area contributed by atoms with Crippen molar-refractivity contribution in [1.29, 1.82) is 0 Å². The van der Waals surface area contributed by atoms with Gasteiger partial charge in [0.15, 0.2) is 0 Å². The summed E-state index contributed by atoms with van der Waals surface area (Å²) >= 11 is 7.45. The summed E-state index contributed by atoms with van der Waals surface area (Å²) in [6, 6.07) is 21.2. The molecule has 0 saturated heterocycles. The predicted octanol–water partition coefficient (Wildman–Crippen LogP) is 5.39. The Labute approximate surface area is 155 Å². The molecule has 0 radical (unpaired) electrons. The molecular formula is C20H15ClN2OS. The maximum absolute atomic E-state index is 12.9. The number of halogens is 1. The van der Waals surface area contributed by atoms with Gasteiger partial charge in [-0.1, -0.05) is 60.1 Å². The van der Waals surface area contributed by atoms with Crippen LogP contribution in [0.15, 0.2) is 77.2 Å². The fourth-order valence-corrected chi connectivity index (χ4v) is 3.74. The summed E-state index contributed by atoms with van der Waals surface area (Å²) in [5.74, 6) is -0.0686. The number of rotatable bonds is 3. The molecule has 0 N–H and O–H groups in total. The van der Waals surface area contributed by atoms with E-state index in [0.29, 0.717) is 16.3 Å². The molecule has 0 fully saturated rings. The van der Waals surface area contributed by atoms with Gasteiger partial charge >= 0.3 is 0 Å². The summed E-state index contributed by atoms with van der Waals surface area (Å²) in [7, 11) is 0. The van der Waals surface area contributed by atoms with E-state index >= 15 is 0 Å². The Morgan fingerprint density at radius 2 is 1.80 bits per heavy atom. The lowest BCUT2D eigenvalue weighted by Crippen LogP contribution is -2.26. The van der Waals surface area contributed by atoms with Gasteiger partial charge in [0, 0.05) is 11.4 Å². The first-order chi connectivity index (χ1) is 12.2. The van der Waals surface area contributed by atoms with Crippen LogP contribution >= 0.6 is 22.9 Å². The normalized spacial score (nSPS) is 16.8. The molecule has 1 aromatic heterocycles. The number of benzene rings is 2. The van der Waals surface area contributed by atoms with Crippen molar-refractivity contribution in [2.45, 2.75) is 12.5 Å². The molecule has 1 amide bonds. The van der Waals surface area contributed by atoms with Crippen LogP contribution in [0.5, 0.6) is 0 Å². The van der Waals surface area contributed by atoms with Crippen LogP contribution in [-0.4, -0.2) is 16.6 Å². The van der Waals surface area contributed by atoms with Crippen molar-refractivity contribution in [1.82, 2.24) is 5.01 Å². The zero-order valence-electron chi connectivity index (χ0n) is 13.3. The van der Waals surface area contributed by atoms with Crippen LogP contribution in [0.1, 0.15) is 33.3 Å². The minimum absolute atomic E-state index is 0.0686. The first-order valence-corrected chi connectivity index (χ1v) is 9.23. The third-order valence-electron chi connectivity index (χ3n) is 4.21. The van der Waals surface area contributed by atoms with E-state index in [1.807, 2.05) is 72.1 Å². The number of hydrogen-bond donors (Lipinski definition) is 0. The number of nitrogens with zero attached hydrogens (tertiary/aromatic N) is 2. The topological polar surface area (TPSA) is 32.7 Å². The van der Waals surface area contributed by atoms with Crippen molar-refractivity contribution in [3.05, 3.63) is 93.1 Å². The van der Waals surface area contributed by atoms with Crippen molar-refractivity contribution in [3.8, 4) is 0 Å². The van der Waals surface area contributed by atoms with Crippen LogP contribution in [0.25, 0.3) is 0 Å². The molecule has 0 spiro atoms. The molecule has 1 aliphatic rings. The second-order valence-electron chi connectivity index (χ2n) is 5.81. The molecule has 5 heteroatoms. The van der Waals surface area contributed by atoms with E-state index in [9.17, 15) is 4.79 Å². The lowest BCUT2D eigenvalue weighted by Gasteiger charge is -2.21. The van der Waals surface area contributed by atoms with Gasteiger partial charge in [-0.2, -0.15) is 5.10 Å². The monoisotopic (exact) mass is 366 g/mol.